The van der Waals surface area contributed by atoms with Gasteiger partial charge in [-0.05, 0) is 50.6 Å². The minimum Gasteiger partial charge on any atom is -0.469 e. The van der Waals surface area contributed by atoms with Gasteiger partial charge in [-0.3, -0.25) is 4.79 Å². The van der Waals surface area contributed by atoms with Gasteiger partial charge in [0.15, 0.2) is 5.76 Å². The van der Waals surface area contributed by atoms with Crippen molar-refractivity contribution in [2.24, 2.45) is 0 Å². The predicted octanol–water partition coefficient (Wildman–Crippen LogP) is 4.22. The summed E-state index contributed by atoms with van der Waals surface area (Å²) in [4.78, 5) is 12.4. The van der Waals surface area contributed by atoms with Gasteiger partial charge in [-0.25, -0.2) is 4.39 Å². The first-order chi connectivity index (χ1) is 11.0. The second kappa shape index (κ2) is 6.28. The molecule has 1 aromatic carbocycles. The average molecular weight is 315 g/mol. The SMILES string of the molecule is Cc1c(C(=O)NC(C)CCc2ccco2)oc2ccc(F)cc12. The van der Waals surface area contributed by atoms with Crippen LogP contribution in [-0.2, 0) is 6.42 Å². The molecule has 1 unspecified atom stereocenters. The predicted molar refractivity (Wildman–Crippen MR) is 84.9 cm³/mol. The maximum atomic E-state index is 13.3. The van der Waals surface area contributed by atoms with Crippen LogP contribution in [0.3, 0.4) is 0 Å². The molecule has 1 amide bonds. The fourth-order valence-corrected chi connectivity index (χ4v) is 2.58. The number of fused-ring (bicyclic) bond motifs is 1. The van der Waals surface area contributed by atoms with Crippen molar-refractivity contribution in [2.45, 2.75) is 32.7 Å². The maximum absolute atomic E-state index is 13.3. The average Bonchev–Trinajstić information content (AvgIpc) is 3.14. The summed E-state index contributed by atoms with van der Waals surface area (Å²) in [6.07, 6.45) is 3.14. The molecule has 1 atom stereocenters. The number of carbonyl (C=O) groups is 1. The lowest BCUT2D eigenvalue weighted by Crippen LogP contribution is -2.33. The van der Waals surface area contributed by atoms with Crippen LogP contribution in [0.15, 0.2) is 45.4 Å². The molecule has 0 radical (unpaired) electrons. The molecule has 23 heavy (non-hydrogen) atoms. The molecule has 0 aliphatic carbocycles. The van der Waals surface area contributed by atoms with E-state index in [1.165, 1.54) is 18.2 Å². The van der Waals surface area contributed by atoms with Gasteiger partial charge in [0.25, 0.3) is 5.91 Å². The van der Waals surface area contributed by atoms with Gasteiger partial charge in [0.1, 0.15) is 17.2 Å². The van der Waals surface area contributed by atoms with Crippen LogP contribution in [0.4, 0.5) is 4.39 Å². The summed E-state index contributed by atoms with van der Waals surface area (Å²) < 4.78 is 24.2. The number of hydrogen-bond acceptors (Lipinski definition) is 3. The molecule has 1 N–H and O–H groups in total. The van der Waals surface area contributed by atoms with E-state index in [-0.39, 0.29) is 23.5 Å². The van der Waals surface area contributed by atoms with Gasteiger partial charge in [-0.2, -0.15) is 0 Å². The van der Waals surface area contributed by atoms with Crippen LogP contribution in [-0.4, -0.2) is 11.9 Å². The number of hydrogen-bond donors (Lipinski definition) is 1. The molecule has 2 aromatic heterocycles. The fourth-order valence-electron chi connectivity index (χ4n) is 2.58. The van der Waals surface area contributed by atoms with Gasteiger partial charge in [0.05, 0.1) is 6.26 Å². The number of benzene rings is 1. The van der Waals surface area contributed by atoms with Crippen molar-refractivity contribution in [1.82, 2.24) is 5.32 Å². The van der Waals surface area contributed by atoms with E-state index in [0.717, 1.165) is 18.6 Å². The van der Waals surface area contributed by atoms with Crippen molar-refractivity contribution in [1.29, 1.82) is 0 Å². The van der Waals surface area contributed by atoms with E-state index < -0.39 is 0 Å². The third-order valence-corrected chi connectivity index (χ3v) is 3.89. The number of nitrogens with one attached hydrogen (secondary N) is 1. The summed E-state index contributed by atoms with van der Waals surface area (Å²) in [5.41, 5.74) is 1.16. The number of amides is 1. The smallest absolute Gasteiger partial charge is 0.287 e. The van der Waals surface area contributed by atoms with E-state index in [0.29, 0.717) is 16.5 Å². The topological polar surface area (TPSA) is 55.4 Å². The zero-order valence-electron chi connectivity index (χ0n) is 13.1. The highest BCUT2D eigenvalue weighted by Crippen LogP contribution is 2.26. The molecule has 0 aliphatic heterocycles. The third-order valence-electron chi connectivity index (χ3n) is 3.89. The number of furan rings is 2. The molecule has 5 heteroatoms. The minimum atomic E-state index is -0.347. The second-order valence-electron chi connectivity index (χ2n) is 5.69. The van der Waals surface area contributed by atoms with Crippen LogP contribution in [0.5, 0.6) is 0 Å². The molecular formula is C18H18FNO3. The van der Waals surface area contributed by atoms with Gasteiger partial charge in [0, 0.05) is 23.4 Å². The largest absolute Gasteiger partial charge is 0.469 e. The van der Waals surface area contributed by atoms with Crippen LogP contribution < -0.4 is 5.32 Å². The Morgan fingerprint density at radius 2 is 2.17 bits per heavy atom. The molecule has 0 saturated carbocycles. The maximum Gasteiger partial charge on any atom is 0.287 e. The monoisotopic (exact) mass is 315 g/mol. The van der Waals surface area contributed by atoms with E-state index in [4.69, 9.17) is 8.83 Å². The van der Waals surface area contributed by atoms with E-state index in [9.17, 15) is 9.18 Å². The molecule has 3 rings (SSSR count). The summed E-state index contributed by atoms with van der Waals surface area (Å²) in [6, 6.07) is 7.96. The zero-order chi connectivity index (χ0) is 16.4. The Labute approximate surface area is 133 Å². The van der Waals surface area contributed by atoms with Crippen LogP contribution >= 0.6 is 0 Å². The summed E-state index contributed by atoms with van der Waals surface area (Å²) in [7, 11) is 0. The van der Waals surface area contributed by atoms with Gasteiger partial charge in [-0.1, -0.05) is 0 Å². The first-order valence-electron chi connectivity index (χ1n) is 7.56. The highest BCUT2D eigenvalue weighted by Gasteiger charge is 2.19. The van der Waals surface area contributed by atoms with Crippen molar-refractivity contribution in [2.75, 3.05) is 0 Å². The molecular weight excluding hydrogens is 297 g/mol. The molecule has 3 aromatic rings. The molecule has 0 spiro atoms. The summed E-state index contributed by atoms with van der Waals surface area (Å²) in [5.74, 6) is 0.489. The molecule has 4 nitrogen and oxygen atoms in total. The lowest BCUT2D eigenvalue weighted by atomic mass is 10.1. The highest BCUT2D eigenvalue weighted by molar-refractivity contribution is 5.99. The molecule has 0 saturated heterocycles. The van der Waals surface area contributed by atoms with Crippen LogP contribution in [0.1, 0.15) is 35.2 Å². The van der Waals surface area contributed by atoms with E-state index in [1.807, 2.05) is 19.1 Å². The summed E-state index contributed by atoms with van der Waals surface area (Å²) in [5, 5.41) is 3.53. The third kappa shape index (κ3) is 3.28. The van der Waals surface area contributed by atoms with Gasteiger partial charge in [-0.15, -0.1) is 0 Å². The van der Waals surface area contributed by atoms with Crippen molar-refractivity contribution >= 4 is 16.9 Å². The quantitative estimate of drug-likeness (QED) is 0.767. The fraction of sp³-hybridized carbons (Fsp3) is 0.278. The van der Waals surface area contributed by atoms with E-state index in [2.05, 4.69) is 5.32 Å². The van der Waals surface area contributed by atoms with Crippen molar-refractivity contribution in [3.8, 4) is 0 Å². The normalized spacial score (nSPS) is 12.5. The van der Waals surface area contributed by atoms with Crippen LogP contribution in [0.25, 0.3) is 11.0 Å². The zero-order valence-corrected chi connectivity index (χ0v) is 13.1. The van der Waals surface area contributed by atoms with Gasteiger partial charge >= 0.3 is 0 Å². The second-order valence-corrected chi connectivity index (χ2v) is 5.69. The number of halogens is 1. The Bertz CT molecular complexity index is 820. The van der Waals surface area contributed by atoms with Crippen LogP contribution in [0, 0.1) is 12.7 Å². The number of rotatable bonds is 5. The van der Waals surface area contributed by atoms with E-state index >= 15 is 0 Å². The molecule has 0 aliphatic rings. The van der Waals surface area contributed by atoms with Crippen LogP contribution in [0.2, 0.25) is 0 Å². The Hall–Kier alpha value is -2.56. The molecule has 120 valence electrons. The summed E-state index contributed by atoms with van der Waals surface area (Å²) in [6.45, 7) is 3.69. The Balaban J connectivity index is 1.69. The first kappa shape index (κ1) is 15.3. The Kier molecular flexibility index (Phi) is 4.19. The standard InChI is InChI=1S/C18H18FNO3/c1-11(5-7-14-4-3-9-22-14)20-18(21)17-12(2)15-10-13(19)6-8-16(15)23-17/h3-4,6,8-11H,5,7H2,1-2H3,(H,20,21). The Morgan fingerprint density at radius 3 is 2.91 bits per heavy atom. The van der Waals surface area contributed by atoms with Crippen molar-refractivity contribution in [3.05, 3.63) is 59.5 Å². The molecule has 0 bridgehead atoms. The summed E-state index contributed by atoms with van der Waals surface area (Å²) >= 11 is 0. The first-order valence-corrected chi connectivity index (χ1v) is 7.56. The number of aryl methyl sites for hydroxylation is 2. The Morgan fingerprint density at radius 1 is 1.35 bits per heavy atom. The minimum absolute atomic E-state index is 0.0306. The molecule has 0 fully saturated rings. The van der Waals surface area contributed by atoms with Gasteiger partial charge < -0.3 is 14.2 Å². The highest BCUT2D eigenvalue weighted by atomic mass is 19.1. The lowest BCUT2D eigenvalue weighted by molar-refractivity contribution is 0.0911. The van der Waals surface area contributed by atoms with Crippen molar-refractivity contribution in [3.63, 3.8) is 0 Å². The number of carbonyl (C=O) groups excluding carboxylic acids is 1. The lowest BCUT2D eigenvalue weighted by Gasteiger charge is -2.12. The van der Waals surface area contributed by atoms with E-state index in [1.54, 1.807) is 13.2 Å². The van der Waals surface area contributed by atoms with Gasteiger partial charge in [0.2, 0.25) is 0 Å². The van der Waals surface area contributed by atoms with Crippen molar-refractivity contribution < 1.29 is 18.0 Å². The molecule has 2 heterocycles.